The van der Waals surface area contributed by atoms with Gasteiger partial charge in [0.2, 0.25) is 9.84 Å². The van der Waals surface area contributed by atoms with E-state index in [1.54, 1.807) is 0 Å². The average Bonchev–Trinajstić information content (AvgIpc) is 2.68. The standard InChI is InChI=1S/C26H39F2NO5S2/c1-35(31,32)16-36(33,34)26(27,28)23(30)29(14-24-8-17-2-18(9-24)4-19(3-17)10-24)15-25-11-20-5-21(12-25)7-22(6-20)13-25/h17-22H,2-16H2,1H3. The van der Waals surface area contributed by atoms with E-state index >= 15 is 8.78 Å². The molecule has 1 amide bonds. The number of alkyl halides is 2. The molecule has 0 heterocycles. The van der Waals surface area contributed by atoms with Gasteiger partial charge in [0.05, 0.1) is 0 Å². The van der Waals surface area contributed by atoms with E-state index in [4.69, 9.17) is 0 Å². The van der Waals surface area contributed by atoms with E-state index in [-0.39, 0.29) is 23.9 Å². The molecule has 0 aromatic rings. The van der Waals surface area contributed by atoms with E-state index in [9.17, 15) is 21.6 Å². The molecule has 0 atom stereocenters. The first-order valence-corrected chi connectivity index (χ1v) is 17.4. The van der Waals surface area contributed by atoms with E-state index in [1.165, 1.54) is 43.4 Å². The maximum Gasteiger partial charge on any atom is 0.422 e. The first-order chi connectivity index (χ1) is 16.6. The van der Waals surface area contributed by atoms with Gasteiger partial charge in [0.25, 0.3) is 0 Å². The number of rotatable bonds is 8. The molecule has 36 heavy (non-hydrogen) atoms. The summed E-state index contributed by atoms with van der Waals surface area (Å²) in [5.74, 6) is 1.73. The maximum absolute atomic E-state index is 15.4. The monoisotopic (exact) mass is 547 g/mol. The Bertz CT molecular complexity index is 1030. The summed E-state index contributed by atoms with van der Waals surface area (Å²) >= 11 is 0. The lowest BCUT2D eigenvalue weighted by molar-refractivity contribution is -0.159. The smallest absolute Gasteiger partial charge is 0.335 e. The summed E-state index contributed by atoms with van der Waals surface area (Å²) in [7, 11) is -9.76. The molecule has 8 bridgehead atoms. The number of amides is 1. The number of carbonyl (C=O) groups excluding carboxylic acids is 1. The van der Waals surface area contributed by atoms with Crippen molar-refractivity contribution in [3.63, 3.8) is 0 Å². The molecule has 0 aliphatic heterocycles. The predicted octanol–water partition coefficient (Wildman–Crippen LogP) is 4.26. The SMILES string of the molecule is CS(=O)(=O)CS(=O)(=O)C(F)(F)C(=O)N(CC12CC3CC(CC(C3)C1)C2)CC12CC3CC(CC(C3)C1)C2. The lowest BCUT2D eigenvalue weighted by Gasteiger charge is -2.60. The fourth-order valence-corrected chi connectivity index (χ4v) is 13.9. The second kappa shape index (κ2) is 8.12. The van der Waals surface area contributed by atoms with Gasteiger partial charge in [-0.1, -0.05) is 0 Å². The largest absolute Gasteiger partial charge is 0.422 e. The van der Waals surface area contributed by atoms with Gasteiger partial charge in [-0.2, -0.15) is 8.78 Å². The lowest BCUT2D eigenvalue weighted by Crippen LogP contribution is -2.60. The van der Waals surface area contributed by atoms with Crippen LogP contribution in [0.1, 0.15) is 77.0 Å². The van der Waals surface area contributed by atoms with Gasteiger partial charge < -0.3 is 4.90 Å². The van der Waals surface area contributed by atoms with Crippen LogP contribution < -0.4 is 0 Å². The molecular weight excluding hydrogens is 508 g/mol. The van der Waals surface area contributed by atoms with Crippen LogP contribution in [0, 0.1) is 46.3 Å². The number of sulfone groups is 2. The van der Waals surface area contributed by atoms with Crippen LogP contribution in [-0.2, 0) is 24.5 Å². The summed E-state index contributed by atoms with van der Waals surface area (Å²) in [5, 5.41) is -6.47. The van der Waals surface area contributed by atoms with E-state index in [2.05, 4.69) is 0 Å². The number of hydrogen-bond donors (Lipinski definition) is 0. The van der Waals surface area contributed by atoms with Crippen LogP contribution >= 0.6 is 0 Å². The quantitative estimate of drug-likeness (QED) is 0.453. The maximum atomic E-state index is 15.4. The van der Waals surface area contributed by atoms with Gasteiger partial charge in [-0.05, 0) is 123 Å². The molecule has 204 valence electrons. The van der Waals surface area contributed by atoms with Crippen LogP contribution in [0.2, 0.25) is 0 Å². The normalized spacial score (nSPS) is 43.2. The van der Waals surface area contributed by atoms with E-state index in [0.717, 1.165) is 38.5 Å². The number of carbonyl (C=O) groups is 1. The summed E-state index contributed by atoms with van der Waals surface area (Å²) in [5.41, 5.74) is -0.438. The summed E-state index contributed by atoms with van der Waals surface area (Å²) in [4.78, 5) is 14.8. The van der Waals surface area contributed by atoms with Gasteiger partial charge in [-0.25, -0.2) is 16.8 Å². The van der Waals surface area contributed by atoms with Crippen LogP contribution in [-0.4, -0.2) is 57.3 Å². The number of halogens is 2. The molecule has 0 aromatic carbocycles. The van der Waals surface area contributed by atoms with E-state index in [1.807, 2.05) is 0 Å². The molecule has 0 N–H and O–H groups in total. The van der Waals surface area contributed by atoms with Crippen molar-refractivity contribution >= 4 is 25.6 Å². The number of nitrogens with zero attached hydrogens (tertiary/aromatic N) is 1. The van der Waals surface area contributed by atoms with Crippen molar-refractivity contribution in [1.82, 2.24) is 4.90 Å². The van der Waals surface area contributed by atoms with Crippen molar-refractivity contribution in [1.29, 1.82) is 0 Å². The zero-order valence-corrected chi connectivity index (χ0v) is 22.8. The molecule has 0 saturated heterocycles. The third kappa shape index (κ3) is 4.43. The third-order valence-corrected chi connectivity index (χ3v) is 14.6. The predicted molar refractivity (Wildman–Crippen MR) is 131 cm³/mol. The molecule has 0 radical (unpaired) electrons. The van der Waals surface area contributed by atoms with Crippen LogP contribution in [0.4, 0.5) is 8.78 Å². The second-order valence-electron chi connectivity index (χ2n) is 14.2. The molecule has 0 spiro atoms. The Morgan fingerprint density at radius 3 is 1.31 bits per heavy atom. The third-order valence-electron chi connectivity index (χ3n) is 10.7. The van der Waals surface area contributed by atoms with Crippen molar-refractivity contribution in [3.05, 3.63) is 0 Å². The highest BCUT2D eigenvalue weighted by Gasteiger charge is 2.60. The molecule has 0 aromatic heterocycles. The highest BCUT2D eigenvalue weighted by molar-refractivity contribution is 8.08. The molecule has 10 heteroatoms. The van der Waals surface area contributed by atoms with Gasteiger partial charge in [-0.15, -0.1) is 0 Å². The average molecular weight is 548 g/mol. The topological polar surface area (TPSA) is 88.6 Å². The van der Waals surface area contributed by atoms with Crippen molar-refractivity contribution in [2.24, 2.45) is 46.3 Å². The Kier molecular flexibility index (Phi) is 5.75. The molecule has 0 unspecified atom stereocenters. The lowest BCUT2D eigenvalue weighted by atomic mass is 9.48. The molecule has 8 aliphatic carbocycles. The fraction of sp³-hybridized carbons (Fsp3) is 0.962. The minimum absolute atomic E-state index is 0.182. The van der Waals surface area contributed by atoms with Crippen molar-refractivity contribution in [3.8, 4) is 0 Å². The number of hydrogen-bond acceptors (Lipinski definition) is 5. The fourth-order valence-electron chi connectivity index (χ4n) is 10.6. The van der Waals surface area contributed by atoms with Gasteiger partial charge in [0.15, 0.2) is 14.9 Å². The van der Waals surface area contributed by atoms with Gasteiger partial charge in [-0.3, -0.25) is 4.79 Å². The van der Waals surface area contributed by atoms with Crippen molar-refractivity contribution in [2.45, 2.75) is 82.3 Å². The molecule has 8 fully saturated rings. The molecule has 8 rings (SSSR count). The Morgan fingerprint density at radius 1 is 0.722 bits per heavy atom. The molecule has 8 aliphatic rings. The Balaban J connectivity index is 1.32. The minimum Gasteiger partial charge on any atom is -0.335 e. The van der Waals surface area contributed by atoms with E-state index < -0.39 is 35.9 Å². The van der Waals surface area contributed by atoms with E-state index in [0.29, 0.717) is 41.8 Å². The minimum atomic E-state index is -5.51. The molecular formula is C26H39F2NO5S2. The Hall–Kier alpha value is -0.770. The first-order valence-electron chi connectivity index (χ1n) is 13.7. The second-order valence-corrected chi connectivity index (χ2v) is 18.7. The van der Waals surface area contributed by atoms with Crippen LogP contribution in [0.3, 0.4) is 0 Å². The van der Waals surface area contributed by atoms with Crippen molar-refractivity contribution in [2.75, 3.05) is 24.4 Å². The molecule has 6 nitrogen and oxygen atoms in total. The summed E-state index contributed by atoms with van der Waals surface area (Å²) < 4.78 is 79.3. The Morgan fingerprint density at radius 2 is 1.03 bits per heavy atom. The summed E-state index contributed by atoms with van der Waals surface area (Å²) in [6.45, 7) is 0.363. The highest BCUT2D eigenvalue weighted by Crippen LogP contribution is 2.62. The van der Waals surface area contributed by atoms with Crippen molar-refractivity contribution < 1.29 is 30.4 Å². The Labute approximate surface area is 213 Å². The molecule has 8 saturated carbocycles. The summed E-state index contributed by atoms with van der Waals surface area (Å²) in [6, 6.07) is 0. The van der Waals surface area contributed by atoms with Crippen LogP contribution in [0.5, 0.6) is 0 Å². The highest BCUT2D eigenvalue weighted by atomic mass is 32.3. The van der Waals surface area contributed by atoms with Gasteiger partial charge in [0.1, 0.15) is 0 Å². The van der Waals surface area contributed by atoms with Crippen LogP contribution in [0.25, 0.3) is 0 Å². The van der Waals surface area contributed by atoms with Gasteiger partial charge >= 0.3 is 11.2 Å². The summed E-state index contributed by atoms with van der Waals surface area (Å²) in [6.07, 6.45) is 13.2. The zero-order valence-electron chi connectivity index (χ0n) is 21.1. The van der Waals surface area contributed by atoms with Crippen LogP contribution in [0.15, 0.2) is 0 Å². The van der Waals surface area contributed by atoms with Gasteiger partial charge in [0, 0.05) is 19.3 Å². The first kappa shape index (κ1) is 25.5. The zero-order chi connectivity index (χ0) is 25.7.